The Kier molecular flexibility index (Phi) is 7.39. The van der Waals surface area contributed by atoms with E-state index in [4.69, 9.17) is 9.47 Å². The van der Waals surface area contributed by atoms with E-state index in [0.29, 0.717) is 22.9 Å². The lowest BCUT2D eigenvalue weighted by Gasteiger charge is -2.18. The molecule has 1 amide bonds. The number of anilines is 1. The molecule has 33 heavy (non-hydrogen) atoms. The number of hydrogen-bond acceptors (Lipinski definition) is 8. The molecule has 1 aliphatic carbocycles. The second kappa shape index (κ2) is 10.4. The maximum atomic E-state index is 12.6. The van der Waals surface area contributed by atoms with Gasteiger partial charge in [-0.2, -0.15) is 0 Å². The van der Waals surface area contributed by atoms with Crippen molar-refractivity contribution in [3.8, 4) is 0 Å². The molecular formula is C24H26N2O5S2. The minimum absolute atomic E-state index is 0.145. The quantitative estimate of drug-likeness (QED) is 0.461. The van der Waals surface area contributed by atoms with Gasteiger partial charge >= 0.3 is 11.9 Å². The van der Waals surface area contributed by atoms with E-state index in [1.54, 1.807) is 18.3 Å². The minimum atomic E-state index is -0.472. The fraction of sp³-hybridized carbons (Fsp3) is 0.417. The summed E-state index contributed by atoms with van der Waals surface area (Å²) < 4.78 is 11.4. The molecule has 0 saturated heterocycles. The van der Waals surface area contributed by atoms with E-state index < -0.39 is 24.5 Å². The fourth-order valence-corrected chi connectivity index (χ4v) is 6.26. The van der Waals surface area contributed by atoms with Gasteiger partial charge in [-0.05, 0) is 49.8 Å². The van der Waals surface area contributed by atoms with Gasteiger partial charge in [-0.25, -0.2) is 9.78 Å². The molecule has 174 valence electrons. The largest absolute Gasteiger partial charge is 0.462 e. The van der Waals surface area contributed by atoms with Gasteiger partial charge in [0.25, 0.3) is 5.91 Å². The zero-order valence-electron chi connectivity index (χ0n) is 18.6. The number of benzene rings is 1. The Morgan fingerprint density at radius 3 is 2.79 bits per heavy atom. The van der Waals surface area contributed by atoms with Crippen molar-refractivity contribution in [2.24, 2.45) is 5.92 Å². The van der Waals surface area contributed by atoms with Crippen LogP contribution in [0.1, 0.15) is 52.5 Å². The molecular weight excluding hydrogens is 460 g/mol. The Labute approximate surface area is 200 Å². The van der Waals surface area contributed by atoms with Crippen LogP contribution in [0.25, 0.3) is 10.2 Å². The Hall–Kier alpha value is -2.78. The van der Waals surface area contributed by atoms with Gasteiger partial charge in [0.1, 0.15) is 5.00 Å². The van der Waals surface area contributed by atoms with Crippen LogP contribution < -0.4 is 5.32 Å². The van der Waals surface area contributed by atoms with Gasteiger partial charge < -0.3 is 14.8 Å². The number of amides is 1. The number of nitrogens with zero attached hydrogens (tertiary/aromatic N) is 1. The number of rotatable bonds is 8. The summed E-state index contributed by atoms with van der Waals surface area (Å²) in [4.78, 5) is 42.8. The van der Waals surface area contributed by atoms with Crippen molar-refractivity contribution in [1.29, 1.82) is 0 Å². The predicted molar refractivity (Wildman–Crippen MR) is 129 cm³/mol. The van der Waals surface area contributed by atoms with Crippen LogP contribution in [0.15, 0.2) is 24.3 Å². The standard InChI is InChI=1S/C24H26N2O5S2/c1-3-30-24(29)22-15-9-8-14(2)12-18(15)33-23(22)26-19(27)13-31-21(28)11-10-20-25-16-6-4-5-7-17(16)32-20/h4-7,14H,3,8-13H2,1-2H3,(H,26,27). The topological polar surface area (TPSA) is 94.6 Å². The Morgan fingerprint density at radius 1 is 1.18 bits per heavy atom. The fourth-order valence-electron chi connectivity index (χ4n) is 3.87. The van der Waals surface area contributed by atoms with E-state index in [9.17, 15) is 14.4 Å². The summed E-state index contributed by atoms with van der Waals surface area (Å²) in [5, 5.41) is 4.09. The number of ether oxygens (including phenoxy) is 2. The number of nitrogens with one attached hydrogen (secondary N) is 1. The van der Waals surface area contributed by atoms with E-state index in [1.165, 1.54) is 11.3 Å². The molecule has 1 N–H and O–H groups in total. The molecule has 0 aliphatic heterocycles. The van der Waals surface area contributed by atoms with Crippen LogP contribution in [0.2, 0.25) is 0 Å². The van der Waals surface area contributed by atoms with E-state index in [1.807, 2.05) is 24.3 Å². The zero-order chi connectivity index (χ0) is 23.4. The lowest BCUT2D eigenvalue weighted by Crippen LogP contribution is -2.22. The number of carbonyl (C=O) groups excluding carboxylic acids is 3. The molecule has 1 aromatic carbocycles. The molecule has 0 fully saturated rings. The average molecular weight is 487 g/mol. The van der Waals surface area contributed by atoms with Gasteiger partial charge in [0.05, 0.1) is 33.8 Å². The van der Waals surface area contributed by atoms with Crippen molar-refractivity contribution in [1.82, 2.24) is 4.98 Å². The SMILES string of the molecule is CCOC(=O)c1c(NC(=O)COC(=O)CCc2nc3ccccc3s2)sc2c1CCC(C)C2. The third-order valence-corrected chi connectivity index (χ3v) is 7.76. The number of hydrogen-bond donors (Lipinski definition) is 1. The highest BCUT2D eigenvalue weighted by Crippen LogP contribution is 2.40. The zero-order valence-corrected chi connectivity index (χ0v) is 20.3. The first-order valence-electron chi connectivity index (χ1n) is 11.1. The molecule has 9 heteroatoms. The van der Waals surface area contributed by atoms with E-state index in [-0.39, 0.29) is 13.0 Å². The number of carbonyl (C=O) groups is 3. The van der Waals surface area contributed by atoms with Gasteiger partial charge in [0.2, 0.25) is 0 Å². The van der Waals surface area contributed by atoms with E-state index in [0.717, 1.165) is 44.9 Å². The molecule has 4 rings (SSSR count). The van der Waals surface area contributed by atoms with Crippen LogP contribution in [0.3, 0.4) is 0 Å². The Balaban J connectivity index is 1.33. The third-order valence-electron chi connectivity index (χ3n) is 5.49. The Bertz CT molecular complexity index is 1150. The molecule has 0 bridgehead atoms. The first kappa shape index (κ1) is 23.4. The van der Waals surface area contributed by atoms with Crippen molar-refractivity contribution in [3.63, 3.8) is 0 Å². The molecule has 1 aliphatic rings. The monoisotopic (exact) mass is 486 g/mol. The number of fused-ring (bicyclic) bond motifs is 2. The van der Waals surface area contributed by atoms with Crippen molar-refractivity contribution in [2.75, 3.05) is 18.5 Å². The maximum Gasteiger partial charge on any atom is 0.341 e. The first-order chi connectivity index (χ1) is 15.9. The molecule has 2 aromatic heterocycles. The summed E-state index contributed by atoms with van der Waals surface area (Å²) in [5.41, 5.74) is 2.33. The maximum absolute atomic E-state index is 12.6. The van der Waals surface area contributed by atoms with Crippen LogP contribution in [0.5, 0.6) is 0 Å². The van der Waals surface area contributed by atoms with Crippen LogP contribution >= 0.6 is 22.7 Å². The number of aromatic nitrogens is 1. The Morgan fingerprint density at radius 2 is 2.00 bits per heavy atom. The van der Waals surface area contributed by atoms with Crippen LogP contribution in [-0.2, 0) is 38.3 Å². The van der Waals surface area contributed by atoms with Gasteiger partial charge in [0, 0.05) is 11.3 Å². The van der Waals surface area contributed by atoms with E-state index >= 15 is 0 Å². The van der Waals surface area contributed by atoms with Gasteiger partial charge in [-0.1, -0.05) is 19.1 Å². The molecule has 3 aromatic rings. The van der Waals surface area contributed by atoms with Crippen LogP contribution in [-0.4, -0.2) is 36.0 Å². The summed E-state index contributed by atoms with van der Waals surface area (Å²) >= 11 is 2.96. The summed E-state index contributed by atoms with van der Waals surface area (Å²) in [6.07, 6.45) is 3.27. The second-order valence-corrected chi connectivity index (χ2v) is 10.3. The molecule has 1 atom stereocenters. The van der Waals surface area contributed by atoms with Crippen LogP contribution in [0, 0.1) is 5.92 Å². The minimum Gasteiger partial charge on any atom is -0.462 e. The van der Waals surface area contributed by atoms with Crippen molar-refractivity contribution in [2.45, 2.75) is 46.0 Å². The van der Waals surface area contributed by atoms with Gasteiger partial charge in [-0.15, -0.1) is 22.7 Å². The van der Waals surface area contributed by atoms with Gasteiger partial charge in [-0.3, -0.25) is 9.59 Å². The molecule has 7 nitrogen and oxygen atoms in total. The lowest BCUT2D eigenvalue weighted by atomic mass is 9.88. The molecule has 0 radical (unpaired) electrons. The highest BCUT2D eigenvalue weighted by atomic mass is 32.1. The van der Waals surface area contributed by atoms with Gasteiger partial charge in [0.15, 0.2) is 6.61 Å². The molecule has 1 unspecified atom stereocenters. The number of para-hydroxylation sites is 1. The number of esters is 2. The normalized spacial score (nSPS) is 15.2. The van der Waals surface area contributed by atoms with Crippen molar-refractivity contribution >= 4 is 55.7 Å². The molecule has 2 heterocycles. The molecule has 0 spiro atoms. The lowest BCUT2D eigenvalue weighted by molar-refractivity contribution is -0.147. The number of aryl methyl sites for hydroxylation is 1. The van der Waals surface area contributed by atoms with Crippen molar-refractivity contribution in [3.05, 3.63) is 45.3 Å². The highest BCUT2D eigenvalue weighted by Gasteiger charge is 2.29. The third kappa shape index (κ3) is 5.59. The highest BCUT2D eigenvalue weighted by molar-refractivity contribution is 7.18. The molecule has 0 saturated carbocycles. The summed E-state index contributed by atoms with van der Waals surface area (Å²) in [6, 6.07) is 7.81. The number of thiazole rings is 1. The first-order valence-corrected chi connectivity index (χ1v) is 12.7. The summed E-state index contributed by atoms with van der Waals surface area (Å²) in [5.74, 6) is -0.825. The number of thiophene rings is 1. The van der Waals surface area contributed by atoms with E-state index in [2.05, 4.69) is 17.2 Å². The smallest absolute Gasteiger partial charge is 0.341 e. The summed E-state index contributed by atoms with van der Waals surface area (Å²) in [6.45, 7) is 3.79. The second-order valence-electron chi connectivity index (χ2n) is 8.06. The average Bonchev–Trinajstić information content (AvgIpc) is 3.36. The summed E-state index contributed by atoms with van der Waals surface area (Å²) in [7, 11) is 0. The predicted octanol–water partition coefficient (Wildman–Crippen LogP) is 4.77. The van der Waals surface area contributed by atoms with Crippen LogP contribution in [0.4, 0.5) is 5.00 Å². The van der Waals surface area contributed by atoms with Crippen molar-refractivity contribution < 1.29 is 23.9 Å².